The van der Waals surface area contributed by atoms with Crippen LogP contribution in [0.1, 0.15) is 5.56 Å². The third kappa shape index (κ3) is 1.90. The number of nitrogens with two attached hydrogens (primary N) is 1. The van der Waals surface area contributed by atoms with Gasteiger partial charge in [-0.25, -0.2) is 0 Å². The van der Waals surface area contributed by atoms with Crippen LogP contribution >= 0.6 is 0 Å². The molecule has 3 N–H and O–H groups in total. The number of aryl methyl sites for hydroxylation is 1. The minimum Gasteiger partial charge on any atom is -0.454 e. The lowest BCUT2D eigenvalue weighted by atomic mass is 10.1. The van der Waals surface area contributed by atoms with Crippen molar-refractivity contribution >= 4 is 0 Å². The molecule has 19 heavy (non-hydrogen) atoms. The fraction of sp³-hybridized carbons (Fsp3) is 0.308. The lowest BCUT2D eigenvalue weighted by Crippen LogP contribution is -2.17. The Morgan fingerprint density at radius 2 is 2.16 bits per heavy atom. The summed E-state index contributed by atoms with van der Waals surface area (Å²) in [4.78, 5) is 12.0. The fourth-order valence-corrected chi connectivity index (χ4v) is 2.26. The number of H-pyrrole nitrogens is 1. The SMILES string of the molecule is Cn1[nH]c(-c2ccc3c(c2)OCO3)c(CCN)c1=O. The summed E-state index contributed by atoms with van der Waals surface area (Å²) in [6.45, 7) is 0.671. The summed E-state index contributed by atoms with van der Waals surface area (Å²) in [7, 11) is 1.69. The number of rotatable bonds is 3. The first-order valence-electron chi connectivity index (χ1n) is 6.08. The van der Waals surface area contributed by atoms with Crippen LogP contribution in [0.2, 0.25) is 0 Å². The zero-order valence-electron chi connectivity index (χ0n) is 10.6. The fourth-order valence-electron chi connectivity index (χ4n) is 2.26. The van der Waals surface area contributed by atoms with Crippen LogP contribution in [0.4, 0.5) is 0 Å². The van der Waals surface area contributed by atoms with Crippen molar-refractivity contribution in [3.05, 3.63) is 34.1 Å². The molecule has 0 fully saturated rings. The molecule has 2 heterocycles. The highest BCUT2D eigenvalue weighted by molar-refractivity contribution is 5.67. The van der Waals surface area contributed by atoms with Gasteiger partial charge in [-0.1, -0.05) is 0 Å². The van der Waals surface area contributed by atoms with Gasteiger partial charge in [0.2, 0.25) is 6.79 Å². The van der Waals surface area contributed by atoms with Crippen molar-refractivity contribution in [2.75, 3.05) is 13.3 Å². The molecule has 0 amide bonds. The predicted molar refractivity (Wildman–Crippen MR) is 70.4 cm³/mol. The summed E-state index contributed by atoms with van der Waals surface area (Å²) in [5.41, 5.74) is 7.91. The summed E-state index contributed by atoms with van der Waals surface area (Å²) < 4.78 is 12.1. The lowest BCUT2D eigenvalue weighted by Gasteiger charge is -2.03. The molecule has 1 aromatic carbocycles. The van der Waals surface area contributed by atoms with Gasteiger partial charge in [-0.2, -0.15) is 0 Å². The van der Waals surface area contributed by atoms with Gasteiger partial charge in [0, 0.05) is 18.2 Å². The largest absolute Gasteiger partial charge is 0.454 e. The molecule has 6 heteroatoms. The highest BCUT2D eigenvalue weighted by Gasteiger charge is 2.18. The Labute approximate surface area is 109 Å². The molecule has 3 rings (SSSR count). The molecule has 0 saturated heterocycles. The molecule has 0 spiro atoms. The van der Waals surface area contributed by atoms with Crippen LogP contribution < -0.4 is 20.8 Å². The van der Waals surface area contributed by atoms with Gasteiger partial charge >= 0.3 is 0 Å². The van der Waals surface area contributed by atoms with Crippen molar-refractivity contribution in [1.82, 2.24) is 9.78 Å². The van der Waals surface area contributed by atoms with E-state index < -0.39 is 0 Å². The number of nitrogens with zero attached hydrogens (tertiary/aromatic N) is 1. The average molecular weight is 261 g/mol. The predicted octanol–water partition coefficient (Wildman–Crippen LogP) is 0.610. The van der Waals surface area contributed by atoms with Gasteiger partial charge in [-0.15, -0.1) is 0 Å². The number of fused-ring (bicyclic) bond motifs is 1. The van der Waals surface area contributed by atoms with Crippen molar-refractivity contribution in [1.29, 1.82) is 0 Å². The maximum Gasteiger partial charge on any atom is 0.270 e. The van der Waals surface area contributed by atoms with Crippen molar-refractivity contribution in [3.8, 4) is 22.8 Å². The van der Waals surface area contributed by atoms with Gasteiger partial charge in [0.1, 0.15) is 0 Å². The molecule has 0 bridgehead atoms. The van der Waals surface area contributed by atoms with Gasteiger partial charge in [0.05, 0.1) is 5.69 Å². The monoisotopic (exact) mass is 261 g/mol. The number of aromatic amines is 1. The Morgan fingerprint density at radius 1 is 1.37 bits per heavy atom. The molecule has 6 nitrogen and oxygen atoms in total. The second kappa shape index (κ2) is 4.47. The summed E-state index contributed by atoms with van der Waals surface area (Å²) in [6.07, 6.45) is 0.542. The lowest BCUT2D eigenvalue weighted by molar-refractivity contribution is 0.174. The van der Waals surface area contributed by atoms with E-state index in [0.717, 1.165) is 17.0 Å². The second-order valence-electron chi connectivity index (χ2n) is 4.44. The number of aromatic nitrogens is 2. The number of hydrogen-bond acceptors (Lipinski definition) is 4. The maximum absolute atomic E-state index is 12.0. The summed E-state index contributed by atoms with van der Waals surface area (Å²) >= 11 is 0. The van der Waals surface area contributed by atoms with E-state index in [4.69, 9.17) is 15.2 Å². The van der Waals surface area contributed by atoms with Crippen molar-refractivity contribution < 1.29 is 9.47 Å². The zero-order chi connectivity index (χ0) is 13.4. The van der Waals surface area contributed by atoms with Gasteiger partial charge < -0.3 is 15.2 Å². The van der Waals surface area contributed by atoms with E-state index >= 15 is 0 Å². The number of nitrogens with one attached hydrogen (secondary N) is 1. The van der Waals surface area contributed by atoms with E-state index in [-0.39, 0.29) is 12.4 Å². The number of benzene rings is 1. The average Bonchev–Trinajstić information content (AvgIpc) is 2.98. The van der Waals surface area contributed by atoms with E-state index in [2.05, 4.69) is 5.10 Å². The topological polar surface area (TPSA) is 82.3 Å². The van der Waals surface area contributed by atoms with Crippen LogP contribution in [0.3, 0.4) is 0 Å². The Hall–Kier alpha value is -2.21. The number of ether oxygens (including phenoxy) is 2. The van der Waals surface area contributed by atoms with E-state index in [1.807, 2.05) is 18.2 Å². The van der Waals surface area contributed by atoms with Crippen LogP contribution in [0.25, 0.3) is 11.3 Å². The smallest absolute Gasteiger partial charge is 0.270 e. The third-order valence-electron chi connectivity index (χ3n) is 3.20. The molecule has 0 unspecified atom stereocenters. The normalized spacial score (nSPS) is 12.9. The molecule has 1 aromatic heterocycles. The minimum atomic E-state index is -0.0434. The Balaban J connectivity index is 2.11. The molecular weight excluding hydrogens is 246 g/mol. The highest BCUT2D eigenvalue weighted by atomic mass is 16.7. The molecule has 100 valence electrons. The van der Waals surface area contributed by atoms with Crippen molar-refractivity contribution in [2.45, 2.75) is 6.42 Å². The summed E-state index contributed by atoms with van der Waals surface area (Å²) in [5, 5.41) is 3.06. The first-order chi connectivity index (χ1) is 9.20. The maximum atomic E-state index is 12.0. The van der Waals surface area contributed by atoms with E-state index in [1.165, 1.54) is 4.68 Å². The van der Waals surface area contributed by atoms with Crippen LogP contribution in [0.5, 0.6) is 11.5 Å². The van der Waals surface area contributed by atoms with E-state index in [0.29, 0.717) is 24.3 Å². The van der Waals surface area contributed by atoms with Crippen LogP contribution in [0.15, 0.2) is 23.0 Å². The first kappa shape index (κ1) is 11.9. The van der Waals surface area contributed by atoms with Crippen LogP contribution in [-0.4, -0.2) is 23.1 Å². The minimum absolute atomic E-state index is 0.0434. The van der Waals surface area contributed by atoms with Gasteiger partial charge in [-0.05, 0) is 31.2 Å². The third-order valence-corrected chi connectivity index (χ3v) is 3.20. The molecule has 0 atom stereocenters. The molecule has 1 aliphatic rings. The van der Waals surface area contributed by atoms with Gasteiger partial charge in [-0.3, -0.25) is 14.6 Å². The van der Waals surface area contributed by atoms with E-state index in [9.17, 15) is 4.79 Å². The van der Waals surface area contributed by atoms with Crippen LogP contribution in [-0.2, 0) is 13.5 Å². The molecular formula is C13H15N3O3. The van der Waals surface area contributed by atoms with Crippen molar-refractivity contribution in [2.24, 2.45) is 12.8 Å². The van der Waals surface area contributed by atoms with Gasteiger partial charge in [0.25, 0.3) is 5.56 Å². The summed E-state index contributed by atoms with van der Waals surface area (Å²) in [5.74, 6) is 1.42. The molecule has 2 aromatic rings. The Kier molecular flexibility index (Phi) is 2.79. The Bertz CT molecular complexity index is 672. The quantitative estimate of drug-likeness (QED) is 0.848. The van der Waals surface area contributed by atoms with Crippen molar-refractivity contribution in [3.63, 3.8) is 0 Å². The molecule has 1 aliphatic heterocycles. The second-order valence-corrected chi connectivity index (χ2v) is 4.44. The van der Waals surface area contributed by atoms with Gasteiger partial charge in [0.15, 0.2) is 11.5 Å². The standard InChI is InChI=1S/C13H15N3O3/c1-16-13(17)9(4-5-14)12(15-16)8-2-3-10-11(6-8)19-7-18-10/h2-3,6,15H,4-5,7,14H2,1H3. The summed E-state index contributed by atoms with van der Waals surface area (Å²) in [6, 6.07) is 5.61. The highest BCUT2D eigenvalue weighted by Crippen LogP contribution is 2.35. The molecule has 0 aliphatic carbocycles. The molecule has 0 saturated carbocycles. The zero-order valence-corrected chi connectivity index (χ0v) is 10.6. The molecule has 0 radical (unpaired) electrons. The van der Waals surface area contributed by atoms with E-state index in [1.54, 1.807) is 7.05 Å². The number of hydrogen-bond donors (Lipinski definition) is 2. The Morgan fingerprint density at radius 3 is 2.95 bits per heavy atom. The first-order valence-corrected chi connectivity index (χ1v) is 6.08. The van der Waals surface area contributed by atoms with Crippen LogP contribution in [0, 0.1) is 0 Å².